The molecule has 2 aliphatic heterocycles. The SMILES string of the molecule is O=C(CC1CN(c2ccnc(C(F)F)c2)C1)N1Cc2nnc3c(c2C1)CCCC3. The first-order valence-electron chi connectivity index (χ1n) is 10.2. The van der Waals surface area contributed by atoms with E-state index in [2.05, 4.69) is 15.2 Å². The van der Waals surface area contributed by atoms with Crippen LogP contribution in [0, 0.1) is 5.92 Å². The average Bonchev–Trinajstić information content (AvgIpc) is 3.15. The van der Waals surface area contributed by atoms with Crippen molar-refractivity contribution >= 4 is 11.6 Å². The lowest BCUT2D eigenvalue weighted by Crippen LogP contribution is -2.48. The molecule has 0 atom stereocenters. The molecule has 2 aromatic heterocycles. The van der Waals surface area contributed by atoms with Crippen LogP contribution in [0.5, 0.6) is 0 Å². The van der Waals surface area contributed by atoms with Gasteiger partial charge in [0.15, 0.2) is 0 Å². The van der Waals surface area contributed by atoms with Crippen molar-refractivity contribution in [2.24, 2.45) is 5.92 Å². The van der Waals surface area contributed by atoms with E-state index in [4.69, 9.17) is 0 Å². The summed E-state index contributed by atoms with van der Waals surface area (Å²) in [7, 11) is 0. The third kappa shape index (κ3) is 3.45. The summed E-state index contributed by atoms with van der Waals surface area (Å²) in [6.45, 7) is 2.60. The predicted octanol–water partition coefficient (Wildman–Crippen LogP) is 3.06. The summed E-state index contributed by atoms with van der Waals surface area (Å²) in [6, 6.07) is 3.17. The molecule has 6 nitrogen and oxygen atoms in total. The second-order valence-electron chi connectivity index (χ2n) is 8.22. The van der Waals surface area contributed by atoms with Crippen LogP contribution >= 0.6 is 0 Å². The lowest BCUT2D eigenvalue weighted by Gasteiger charge is -2.41. The molecule has 1 aliphatic carbocycles. The Labute approximate surface area is 167 Å². The van der Waals surface area contributed by atoms with Gasteiger partial charge >= 0.3 is 0 Å². The van der Waals surface area contributed by atoms with E-state index in [0.717, 1.165) is 36.3 Å². The van der Waals surface area contributed by atoms with Crippen molar-refractivity contribution < 1.29 is 13.6 Å². The fourth-order valence-electron chi connectivity index (χ4n) is 4.64. The molecule has 0 N–H and O–H groups in total. The van der Waals surface area contributed by atoms with E-state index < -0.39 is 6.43 Å². The van der Waals surface area contributed by atoms with Crippen molar-refractivity contribution in [3.8, 4) is 0 Å². The summed E-state index contributed by atoms with van der Waals surface area (Å²) in [5.74, 6) is 0.384. The molecule has 29 heavy (non-hydrogen) atoms. The van der Waals surface area contributed by atoms with E-state index in [1.165, 1.54) is 29.8 Å². The summed E-state index contributed by atoms with van der Waals surface area (Å²) < 4.78 is 25.7. The molecule has 0 aromatic carbocycles. The highest BCUT2D eigenvalue weighted by atomic mass is 19.3. The van der Waals surface area contributed by atoms with E-state index in [9.17, 15) is 13.6 Å². The van der Waals surface area contributed by atoms with Gasteiger partial charge in [-0.2, -0.15) is 10.2 Å². The van der Waals surface area contributed by atoms with E-state index in [-0.39, 0.29) is 17.5 Å². The molecule has 2 aromatic rings. The molecule has 0 bridgehead atoms. The standard InChI is InChI=1S/C21H23F2N5O/c22-21(23)18-8-14(5-6-24-18)27-9-13(10-27)7-20(29)28-11-16-15-3-1-2-4-17(15)25-26-19(16)12-28/h5-6,8,13,21H,1-4,7,9-12H2. The fourth-order valence-corrected chi connectivity index (χ4v) is 4.64. The molecule has 0 unspecified atom stereocenters. The maximum absolute atomic E-state index is 12.8. The van der Waals surface area contributed by atoms with E-state index >= 15 is 0 Å². The smallest absolute Gasteiger partial charge is 0.280 e. The second-order valence-corrected chi connectivity index (χ2v) is 8.22. The van der Waals surface area contributed by atoms with Crippen LogP contribution in [0.3, 0.4) is 0 Å². The Kier molecular flexibility index (Phi) is 4.64. The number of anilines is 1. The minimum absolute atomic E-state index is 0.139. The van der Waals surface area contributed by atoms with E-state index in [1.54, 1.807) is 6.07 Å². The highest BCUT2D eigenvalue weighted by molar-refractivity contribution is 5.77. The van der Waals surface area contributed by atoms with Crippen LogP contribution in [-0.2, 0) is 30.7 Å². The van der Waals surface area contributed by atoms with E-state index in [0.29, 0.717) is 32.6 Å². The van der Waals surface area contributed by atoms with Crippen LogP contribution in [0.1, 0.15) is 53.9 Å². The number of hydrogen-bond acceptors (Lipinski definition) is 5. The first-order valence-corrected chi connectivity index (χ1v) is 10.2. The van der Waals surface area contributed by atoms with Gasteiger partial charge in [0.05, 0.1) is 17.9 Å². The van der Waals surface area contributed by atoms with Crippen LogP contribution in [0.15, 0.2) is 18.3 Å². The van der Waals surface area contributed by atoms with Crippen LogP contribution < -0.4 is 4.90 Å². The van der Waals surface area contributed by atoms with Crippen molar-refractivity contribution in [3.63, 3.8) is 0 Å². The highest BCUT2D eigenvalue weighted by Crippen LogP contribution is 2.32. The topological polar surface area (TPSA) is 62.2 Å². The van der Waals surface area contributed by atoms with Crippen molar-refractivity contribution in [3.05, 3.63) is 46.5 Å². The van der Waals surface area contributed by atoms with Gasteiger partial charge in [-0.1, -0.05) is 0 Å². The molecule has 0 radical (unpaired) electrons. The maximum atomic E-state index is 12.8. The minimum Gasteiger partial charge on any atom is -0.371 e. The molecular weight excluding hydrogens is 376 g/mol. The number of aryl methyl sites for hydroxylation is 1. The van der Waals surface area contributed by atoms with Gasteiger partial charge in [0.2, 0.25) is 5.91 Å². The van der Waals surface area contributed by atoms with Crippen LogP contribution in [0.2, 0.25) is 0 Å². The number of rotatable bonds is 4. The number of carbonyl (C=O) groups is 1. The lowest BCUT2D eigenvalue weighted by molar-refractivity contribution is -0.133. The molecule has 4 heterocycles. The molecule has 152 valence electrons. The summed E-state index contributed by atoms with van der Waals surface area (Å²) >= 11 is 0. The maximum Gasteiger partial charge on any atom is 0.280 e. The Morgan fingerprint density at radius 3 is 2.72 bits per heavy atom. The lowest BCUT2D eigenvalue weighted by atomic mass is 9.92. The van der Waals surface area contributed by atoms with Crippen LogP contribution in [0.4, 0.5) is 14.5 Å². The van der Waals surface area contributed by atoms with Gasteiger partial charge in [-0.15, -0.1) is 0 Å². The number of alkyl halides is 2. The van der Waals surface area contributed by atoms with E-state index in [1.807, 2.05) is 9.80 Å². The van der Waals surface area contributed by atoms with Crippen molar-refractivity contribution in [1.82, 2.24) is 20.1 Å². The zero-order chi connectivity index (χ0) is 20.0. The summed E-state index contributed by atoms with van der Waals surface area (Å²) in [5, 5.41) is 8.76. The zero-order valence-electron chi connectivity index (χ0n) is 16.2. The molecule has 5 rings (SSSR count). The zero-order valence-corrected chi connectivity index (χ0v) is 16.2. The van der Waals surface area contributed by atoms with Gasteiger partial charge in [-0.25, -0.2) is 8.78 Å². The molecule has 0 spiro atoms. The second kappa shape index (κ2) is 7.31. The monoisotopic (exact) mass is 399 g/mol. The molecule has 1 fully saturated rings. The summed E-state index contributed by atoms with van der Waals surface area (Å²) in [4.78, 5) is 20.4. The molecule has 0 saturated carbocycles. The number of carbonyl (C=O) groups excluding carboxylic acids is 1. The number of nitrogens with zero attached hydrogens (tertiary/aromatic N) is 5. The summed E-state index contributed by atoms with van der Waals surface area (Å²) in [5.41, 5.74) is 5.13. The molecule has 1 saturated heterocycles. The van der Waals surface area contributed by atoms with Gasteiger partial charge in [0.1, 0.15) is 5.69 Å². The largest absolute Gasteiger partial charge is 0.371 e. The van der Waals surface area contributed by atoms with Gasteiger partial charge in [0.25, 0.3) is 6.43 Å². The van der Waals surface area contributed by atoms with Gasteiger partial charge in [-0.3, -0.25) is 9.78 Å². The average molecular weight is 399 g/mol. The normalized spacial score (nSPS) is 18.6. The first-order chi connectivity index (χ1) is 14.1. The van der Waals surface area contributed by atoms with Crippen molar-refractivity contribution in [2.75, 3.05) is 18.0 Å². The Morgan fingerprint density at radius 1 is 1.10 bits per heavy atom. The minimum atomic E-state index is -2.57. The number of halogens is 2. The quantitative estimate of drug-likeness (QED) is 0.791. The number of aromatic nitrogens is 3. The fraction of sp³-hybridized carbons (Fsp3) is 0.524. The van der Waals surface area contributed by atoms with Gasteiger partial charge < -0.3 is 9.80 Å². The third-order valence-corrected chi connectivity index (χ3v) is 6.26. The third-order valence-electron chi connectivity index (χ3n) is 6.26. The van der Waals surface area contributed by atoms with Crippen LogP contribution in [0.25, 0.3) is 0 Å². The number of amides is 1. The highest BCUT2D eigenvalue weighted by Gasteiger charge is 2.34. The van der Waals surface area contributed by atoms with Gasteiger partial charge in [-0.05, 0) is 43.4 Å². The number of pyridine rings is 1. The van der Waals surface area contributed by atoms with Crippen molar-refractivity contribution in [2.45, 2.75) is 51.6 Å². The van der Waals surface area contributed by atoms with Crippen LogP contribution in [-0.4, -0.2) is 39.1 Å². The molecule has 1 amide bonds. The number of fused-ring (bicyclic) bond motifs is 3. The van der Waals surface area contributed by atoms with Gasteiger partial charge in [0, 0.05) is 49.4 Å². The number of hydrogen-bond donors (Lipinski definition) is 0. The van der Waals surface area contributed by atoms with Crippen molar-refractivity contribution in [1.29, 1.82) is 0 Å². The Hall–Kier alpha value is -2.64. The predicted molar refractivity (Wildman–Crippen MR) is 102 cm³/mol. The first kappa shape index (κ1) is 18.4. The Morgan fingerprint density at radius 2 is 1.90 bits per heavy atom. The Bertz CT molecular complexity index is 945. The summed E-state index contributed by atoms with van der Waals surface area (Å²) in [6.07, 6.45) is 3.70. The Balaban J connectivity index is 1.18. The molecule has 8 heteroatoms. The molecular formula is C21H23F2N5O. The molecule has 3 aliphatic rings.